The second-order valence-corrected chi connectivity index (χ2v) is 6.26. The lowest BCUT2D eigenvalue weighted by Gasteiger charge is -2.20. The van der Waals surface area contributed by atoms with Crippen molar-refractivity contribution in [3.05, 3.63) is 64.7 Å². The van der Waals surface area contributed by atoms with Crippen molar-refractivity contribution in [2.45, 2.75) is 27.7 Å². The molecule has 2 aromatic carbocycles. The molecule has 2 rings (SSSR count). The van der Waals surface area contributed by atoms with Crippen molar-refractivity contribution in [3.63, 3.8) is 0 Å². The SMILES string of the molecule is CCN(CC)c1ccc(/C=C(\C#N)C(=O)Nc2cc(C)cc(C)c2)cc1. The predicted molar refractivity (Wildman–Crippen MR) is 108 cm³/mol. The summed E-state index contributed by atoms with van der Waals surface area (Å²) in [6.45, 7) is 10.0. The first-order valence-corrected chi connectivity index (χ1v) is 8.83. The van der Waals surface area contributed by atoms with Gasteiger partial charge < -0.3 is 10.2 Å². The van der Waals surface area contributed by atoms with Gasteiger partial charge in [-0.1, -0.05) is 18.2 Å². The molecular formula is C22H25N3O. The molecular weight excluding hydrogens is 322 g/mol. The molecule has 0 aliphatic heterocycles. The van der Waals surface area contributed by atoms with Crippen LogP contribution in [0.2, 0.25) is 0 Å². The largest absolute Gasteiger partial charge is 0.372 e. The zero-order valence-electron chi connectivity index (χ0n) is 15.8. The maximum atomic E-state index is 12.4. The van der Waals surface area contributed by atoms with Crippen LogP contribution in [0.4, 0.5) is 11.4 Å². The van der Waals surface area contributed by atoms with Crippen LogP contribution in [-0.4, -0.2) is 19.0 Å². The third-order valence-electron chi connectivity index (χ3n) is 4.18. The highest BCUT2D eigenvalue weighted by molar-refractivity contribution is 6.09. The number of amides is 1. The summed E-state index contributed by atoms with van der Waals surface area (Å²) < 4.78 is 0. The van der Waals surface area contributed by atoms with Gasteiger partial charge in [-0.05, 0) is 74.7 Å². The topological polar surface area (TPSA) is 56.1 Å². The molecule has 134 valence electrons. The van der Waals surface area contributed by atoms with E-state index in [0.717, 1.165) is 35.5 Å². The number of hydrogen-bond donors (Lipinski definition) is 1. The van der Waals surface area contributed by atoms with Crippen molar-refractivity contribution in [3.8, 4) is 6.07 Å². The molecule has 26 heavy (non-hydrogen) atoms. The van der Waals surface area contributed by atoms with E-state index in [2.05, 4.69) is 24.1 Å². The van der Waals surface area contributed by atoms with Gasteiger partial charge in [0, 0.05) is 24.5 Å². The smallest absolute Gasteiger partial charge is 0.266 e. The van der Waals surface area contributed by atoms with Crippen molar-refractivity contribution in [1.29, 1.82) is 5.26 Å². The number of anilines is 2. The second kappa shape index (κ2) is 8.87. The number of carbonyl (C=O) groups is 1. The monoisotopic (exact) mass is 347 g/mol. The summed E-state index contributed by atoms with van der Waals surface area (Å²) in [7, 11) is 0. The van der Waals surface area contributed by atoms with Gasteiger partial charge in [-0.25, -0.2) is 0 Å². The molecule has 4 nitrogen and oxygen atoms in total. The van der Waals surface area contributed by atoms with E-state index in [1.807, 2.05) is 62.4 Å². The Morgan fingerprint density at radius 2 is 1.65 bits per heavy atom. The molecule has 0 fully saturated rings. The minimum absolute atomic E-state index is 0.0831. The first-order chi connectivity index (χ1) is 12.5. The fourth-order valence-corrected chi connectivity index (χ4v) is 2.93. The summed E-state index contributed by atoms with van der Waals surface area (Å²) in [6, 6.07) is 15.7. The van der Waals surface area contributed by atoms with E-state index in [0.29, 0.717) is 5.69 Å². The summed E-state index contributed by atoms with van der Waals surface area (Å²) in [5.41, 5.74) is 4.87. The van der Waals surface area contributed by atoms with Crippen molar-refractivity contribution < 1.29 is 4.79 Å². The molecule has 0 saturated carbocycles. The van der Waals surface area contributed by atoms with Gasteiger partial charge >= 0.3 is 0 Å². The molecule has 2 aromatic rings. The highest BCUT2D eigenvalue weighted by atomic mass is 16.1. The number of nitriles is 1. The van der Waals surface area contributed by atoms with Crippen LogP contribution in [0.25, 0.3) is 6.08 Å². The van der Waals surface area contributed by atoms with Crippen molar-refractivity contribution in [2.75, 3.05) is 23.3 Å². The van der Waals surface area contributed by atoms with Crippen molar-refractivity contribution in [2.24, 2.45) is 0 Å². The second-order valence-electron chi connectivity index (χ2n) is 6.26. The van der Waals surface area contributed by atoms with E-state index >= 15 is 0 Å². The van der Waals surface area contributed by atoms with Crippen molar-refractivity contribution >= 4 is 23.4 Å². The summed E-state index contributed by atoms with van der Waals surface area (Å²) in [5.74, 6) is -0.398. The minimum Gasteiger partial charge on any atom is -0.372 e. The molecule has 1 N–H and O–H groups in total. The average molecular weight is 347 g/mol. The van der Waals surface area contributed by atoms with Gasteiger partial charge in [0.1, 0.15) is 11.6 Å². The van der Waals surface area contributed by atoms with Crippen molar-refractivity contribution in [1.82, 2.24) is 0 Å². The van der Waals surface area contributed by atoms with Gasteiger partial charge in [0.25, 0.3) is 5.91 Å². The summed E-state index contributed by atoms with van der Waals surface area (Å²) >= 11 is 0. The van der Waals surface area contributed by atoms with E-state index in [1.54, 1.807) is 6.08 Å². The van der Waals surface area contributed by atoms with Gasteiger partial charge in [0.2, 0.25) is 0 Å². The number of carbonyl (C=O) groups excluding carboxylic acids is 1. The first kappa shape index (κ1) is 19.3. The Morgan fingerprint density at radius 3 is 2.15 bits per heavy atom. The maximum absolute atomic E-state index is 12.4. The maximum Gasteiger partial charge on any atom is 0.266 e. The summed E-state index contributed by atoms with van der Waals surface area (Å²) in [6.07, 6.45) is 1.62. The van der Waals surface area contributed by atoms with Crippen LogP contribution in [0.3, 0.4) is 0 Å². The van der Waals surface area contributed by atoms with Crippen LogP contribution in [0.15, 0.2) is 48.0 Å². The van der Waals surface area contributed by atoms with E-state index in [9.17, 15) is 10.1 Å². The minimum atomic E-state index is -0.398. The average Bonchev–Trinajstić information content (AvgIpc) is 2.61. The Balaban J connectivity index is 2.18. The van der Waals surface area contributed by atoms with Crippen LogP contribution in [-0.2, 0) is 4.79 Å². The third kappa shape index (κ3) is 4.97. The van der Waals surface area contributed by atoms with E-state index in [-0.39, 0.29) is 5.57 Å². The van der Waals surface area contributed by atoms with Crippen LogP contribution in [0.5, 0.6) is 0 Å². The first-order valence-electron chi connectivity index (χ1n) is 8.83. The summed E-state index contributed by atoms with van der Waals surface area (Å²) in [5, 5.41) is 12.2. The van der Waals surface area contributed by atoms with E-state index < -0.39 is 5.91 Å². The Hall–Kier alpha value is -3.06. The van der Waals surface area contributed by atoms with E-state index in [4.69, 9.17) is 0 Å². The Kier molecular flexibility index (Phi) is 6.57. The van der Waals surface area contributed by atoms with Gasteiger partial charge in [-0.3, -0.25) is 4.79 Å². The molecule has 4 heteroatoms. The number of hydrogen-bond acceptors (Lipinski definition) is 3. The fraction of sp³-hybridized carbons (Fsp3) is 0.273. The molecule has 0 bridgehead atoms. The molecule has 0 radical (unpaired) electrons. The molecule has 0 unspecified atom stereocenters. The lowest BCUT2D eigenvalue weighted by molar-refractivity contribution is -0.112. The number of aryl methyl sites for hydroxylation is 2. The Labute approximate surface area is 155 Å². The Bertz CT molecular complexity index is 820. The van der Waals surface area contributed by atoms with Crippen LogP contribution in [0.1, 0.15) is 30.5 Å². The molecule has 0 aromatic heterocycles. The van der Waals surface area contributed by atoms with Crippen LogP contribution < -0.4 is 10.2 Å². The molecule has 0 aliphatic carbocycles. The lowest BCUT2D eigenvalue weighted by Crippen LogP contribution is -2.21. The fourth-order valence-electron chi connectivity index (χ4n) is 2.93. The normalized spacial score (nSPS) is 11.0. The van der Waals surface area contributed by atoms with Crippen LogP contribution >= 0.6 is 0 Å². The van der Waals surface area contributed by atoms with Gasteiger partial charge in [-0.2, -0.15) is 5.26 Å². The van der Waals surface area contributed by atoms with E-state index in [1.165, 1.54) is 0 Å². The zero-order chi connectivity index (χ0) is 19.1. The van der Waals surface area contributed by atoms with Gasteiger partial charge in [0.05, 0.1) is 0 Å². The molecule has 1 amide bonds. The quantitative estimate of drug-likeness (QED) is 0.609. The zero-order valence-corrected chi connectivity index (χ0v) is 15.8. The number of nitrogens with one attached hydrogen (secondary N) is 1. The molecule has 0 atom stereocenters. The highest BCUT2D eigenvalue weighted by Gasteiger charge is 2.10. The molecule has 0 saturated heterocycles. The lowest BCUT2D eigenvalue weighted by atomic mass is 10.1. The highest BCUT2D eigenvalue weighted by Crippen LogP contribution is 2.18. The summed E-state index contributed by atoms with van der Waals surface area (Å²) in [4.78, 5) is 14.7. The number of benzene rings is 2. The number of nitrogens with zero attached hydrogens (tertiary/aromatic N) is 2. The standard InChI is InChI=1S/C22H25N3O/c1-5-25(6-2)21-9-7-18(8-10-21)14-19(15-23)22(26)24-20-12-16(3)11-17(4)13-20/h7-14H,5-6H2,1-4H3,(H,24,26)/b19-14+. The van der Waals surface area contributed by atoms with Gasteiger partial charge in [0.15, 0.2) is 0 Å². The van der Waals surface area contributed by atoms with Crippen LogP contribution in [0, 0.1) is 25.2 Å². The third-order valence-corrected chi connectivity index (χ3v) is 4.18. The predicted octanol–water partition coefficient (Wildman–Crippen LogP) is 4.70. The molecule has 0 aliphatic rings. The number of rotatable bonds is 6. The molecule has 0 heterocycles. The van der Waals surface area contributed by atoms with Gasteiger partial charge in [-0.15, -0.1) is 0 Å². The molecule has 0 spiro atoms. The Morgan fingerprint density at radius 1 is 1.08 bits per heavy atom.